The predicted octanol–water partition coefficient (Wildman–Crippen LogP) is 4.06. The van der Waals surface area contributed by atoms with Crippen molar-refractivity contribution in [3.05, 3.63) is 83.7 Å². The molecule has 1 aromatic carbocycles. The molecule has 2 heterocycles. The highest BCUT2D eigenvalue weighted by molar-refractivity contribution is 5.26. The molecule has 0 saturated carbocycles. The standard InChI is InChI=1S/C17H17NO2/c1-13-9-10-15(20-13)12-18-17(16-8-5-11-19-16)14-6-3-2-4-7-14/h2-11,17-18H,12H2,1H3. The zero-order valence-corrected chi connectivity index (χ0v) is 11.4. The van der Waals surface area contributed by atoms with E-state index in [1.807, 2.05) is 49.4 Å². The van der Waals surface area contributed by atoms with Crippen molar-refractivity contribution in [2.45, 2.75) is 19.5 Å². The Bertz CT molecular complexity index is 641. The summed E-state index contributed by atoms with van der Waals surface area (Å²) < 4.78 is 11.1. The van der Waals surface area contributed by atoms with Crippen molar-refractivity contribution in [2.24, 2.45) is 0 Å². The van der Waals surface area contributed by atoms with Crippen LogP contribution in [0.3, 0.4) is 0 Å². The second kappa shape index (κ2) is 5.80. The average Bonchev–Trinajstić information content (AvgIpc) is 3.12. The topological polar surface area (TPSA) is 38.3 Å². The lowest BCUT2D eigenvalue weighted by atomic mass is 10.0. The summed E-state index contributed by atoms with van der Waals surface area (Å²) in [6.07, 6.45) is 1.70. The quantitative estimate of drug-likeness (QED) is 0.757. The first-order valence-electron chi connectivity index (χ1n) is 6.70. The number of rotatable bonds is 5. The van der Waals surface area contributed by atoms with Gasteiger partial charge in [-0.1, -0.05) is 30.3 Å². The van der Waals surface area contributed by atoms with Crippen LogP contribution in [0.4, 0.5) is 0 Å². The molecule has 0 bridgehead atoms. The maximum Gasteiger partial charge on any atom is 0.125 e. The van der Waals surface area contributed by atoms with E-state index in [4.69, 9.17) is 8.83 Å². The highest BCUT2D eigenvalue weighted by atomic mass is 16.3. The Balaban J connectivity index is 1.80. The number of hydrogen-bond donors (Lipinski definition) is 1. The molecule has 2 aromatic heterocycles. The maximum atomic E-state index is 5.59. The van der Waals surface area contributed by atoms with E-state index < -0.39 is 0 Å². The van der Waals surface area contributed by atoms with E-state index in [9.17, 15) is 0 Å². The van der Waals surface area contributed by atoms with Crippen LogP contribution in [0.2, 0.25) is 0 Å². The first kappa shape index (κ1) is 12.8. The first-order chi connectivity index (χ1) is 9.83. The zero-order chi connectivity index (χ0) is 13.8. The van der Waals surface area contributed by atoms with E-state index in [0.717, 1.165) is 17.3 Å². The van der Waals surface area contributed by atoms with Gasteiger partial charge in [-0.25, -0.2) is 0 Å². The van der Waals surface area contributed by atoms with Gasteiger partial charge < -0.3 is 8.83 Å². The molecule has 3 heteroatoms. The fraction of sp³-hybridized carbons (Fsp3) is 0.176. The highest BCUT2D eigenvalue weighted by Crippen LogP contribution is 2.23. The molecule has 0 spiro atoms. The van der Waals surface area contributed by atoms with Gasteiger partial charge in [0.25, 0.3) is 0 Å². The molecule has 0 fully saturated rings. The average molecular weight is 267 g/mol. The Kier molecular flexibility index (Phi) is 3.70. The molecule has 3 rings (SSSR count). The van der Waals surface area contributed by atoms with E-state index in [1.54, 1.807) is 6.26 Å². The lowest BCUT2D eigenvalue weighted by Gasteiger charge is -2.16. The monoisotopic (exact) mass is 267 g/mol. The van der Waals surface area contributed by atoms with Crippen LogP contribution in [0, 0.1) is 6.92 Å². The SMILES string of the molecule is Cc1ccc(CNC(c2ccccc2)c2ccco2)o1. The van der Waals surface area contributed by atoms with Crippen LogP contribution in [0.5, 0.6) is 0 Å². The minimum absolute atomic E-state index is 0.0246. The van der Waals surface area contributed by atoms with E-state index in [0.29, 0.717) is 6.54 Å². The minimum atomic E-state index is 0.0246. The van der Waals surface area contributed by atoms with Gasteiger partial charge in [-0.3, -0.25) is 5.32 Å². The number of furan rings is 2. The summed E-state index contributed by atoms with van der Waals surface area (Å²) in [5, 5.41) is 3.48. The lowest BCUT2D eigenvalue weighted by molar-refractivity contribution is 0.414. The molecule has 0 saturated heterocycles. The van der Waals surface area contributed by atoms with Crippen molar-refractivity contribution in [1.29, 1.82) is 0 Å². The Morgan fingerprint density at radius 1 is 1.00 bits per heavy atom. The van der Waals surface area contributed by atoms with Gasteiger partial charge in [-0.15, -0.1) is 0 Å². The van der Waals surface area contributed by atoms with Crippen LogP contribution in [-0.2, 0) is 6.54 Å². The molecule has 102 valence electrons. The highest BCUT2D eigenvalue weighted by Gasteiger charge is 2.16. The molecular formula is C17H17NO2. The van der Waals surface area contributed by atoms with Gasteiger partial charge >= 0.3 is 0 Å². The second-order valence-corrected chi connectivity index (χ2v) is 4.75. The third-order valence-electron chi connectivity index (χ3n) is 3.24. The Morgan fingerprint density at radius 2 is 1.85 bits per heavy atom. The summed E-state index contributed by atoms with van der Waals surface area (Å²) in [4.78, 5) is 0. The summed E-state index contributed by atoms with van der Waals surface area (Å²) in [7, 11) is 0. The second-order valence-electron chi connectivity index (χ2n) is 4.75. The number of hydrogen-bond acceptors (Lipinski definition) is 3. The molecule has 1 N–H and O–H groups in total. The van der Waals surface area contributed by atoms with Gasteiger partial charge in [-0.2, -0.15) is 0 Å². The molecule has 0 amide bonds. The Hall–Kier alpha value is -2.26. The number of benzene rings is 1. The van der Waals surface area contributed by atoms with Gasteiger partial charge in [0.2, 0.25) is 0 Å². The maximum absolute atomic E-state index is 5.59. The predicted molar refractivity (Wildman–Crippen MR) is 77.3 cm³/mol. The van der Waals surface area contributed by atoms with E-state index >= 15 is 0 Å². The summed E-state index contributed by atoms with van der Waals surface area (Å²) in [6, 6.07) is 18.1. The summed E-state index contributed by atoms with van der Waals surface area (Å²) in [5.41, 5.74) is 1.17. The smallest absolute Gasteiger partial charge is 0.125 e. The summed E-state index contributed by atoms with van der Waals surface area (Å²) in [5.74, 6) is 2.76. The van der Waals surface area contributed by atoms with Crippen molar-refractivity contribution in [2.75, 3.05) is 0 Å². The summed E-state index contributed by atoms with van der Waals surface area (Å²) in [6.45, 7) is 2.61. The van der Waals surface area contributed by atoms with Crippen LogP contribution in [-0.4, -0.2) is 0 Å². The van der Waals surface area contributed by atoms with Crippen LogP contribution in [0.1, 0.15) is 28.9 Å². The molecule has 20 heavy (non-hydrogen) atoms. The Morgan fingerprint density at radius 3 is 2.50 bits per heavy atom. The molecule has 0 aliphatic carbocycles. The zero-order valence-electron chi connectivity index (χ0n) is 11.4. The number of aryl methyl sites for hydroxylation is 1. The van der Waals surface area contributed by atoms with Crippen molar-refractivity contribution in [3.63, 3.8) is 0 Å². The molecule has 1 unspecified atom stereocenters. The third-order valence-corrected chi connectivity index (χ3v) is 3.24. The van der Waals surface area contributed by atoms with Crippen LogP contribution in [0.15, 0.2) is 69.7 Å². The van der Waals surface area contributed by atoms with Gasteiger partial charge in [0.05, 0.1) is 18.8 Å². The molecular weight excluding hydrogens is 250 g/mol. The van der Waals surface area contributed by atoms with Crippen LogP contribution in [0.25, 0.3) is 0 Å². The number of nitrogens with one attached hydrogen (secondary N) is 1. The van der Waals surface area contributed by atoms with Gasteiger partial charge in [0, 0.05) is 0 Å². The molecule has 0 radical (unpaired) electrons. The van der Waals surface area contributed by atoms with Crippen molar-refractivity contribution >= 4 is 0 Å². The Labute approximate surface area is 118 Å². The van der Waals surface area contributed by atoms with Crippen LogP contribution >= 0.6 is 0 Å². The first-order valence-corrected chi connectivity index (χ1v) is 6.70. The van der Waals surface area contributed by atoms with Crippen LogP contribution < -0.4 is 5.32 Å². The summed E-state index contributed by atoms with van der Waals surface area (Å²) >= 11 is 0. The molecule has 1 atom stereocenters. The fourth-order valence-electron chi connectivity index (χ4n) is 2.27. The van der Waals surface area contributed by atoms with E-state index in [2.05, 4.69) is 17.4 Å². The van der Waals surface area contributed by atoms with E-state index in [-0.39, 0.29) is 6.04 Å². The van der Waals surface area contributed by atoms with Gasteiger partial charge in [0.1, 0.15) is 17.3 Å². The van der Waals surface area contributed by atoms with Crippen molar-refractivity contribution in [1.82, 2.24) is 5.32 Å². The van der Waals surface area contributed by atoms with Crippen molar-refractivity contribution in [3.8, 4) is 0 Å². The fourth-order valence-corrected chi connectivity index (χ4v) is 2.27. The van der Waals surface area contributed by atoms with E-state index in [1.165, 1.54) is 5.56 Å². The third kappa shape index (κ3) is 2.83. The minimum Gasteiger partial charge on any atom is -0.467 e. The van der Waals surface area contributed by atoms with Crippen molar-refractivity contribution < 1.29 is 8.83 Å². The van der Waals surface area contributed by atoms with Gasteiger partial charge in [0.15, 0.2) is 0 Å². The van der Waals surface area contributed by atoms with Gasteiger partial charge in [-0.05, 0) is 36.8 Å². The molecule has 0 aliphatic rings. The largest absolute Gasteiger partial charge is 0.467 e. The molecule has 0 aliphatic heterocycles. The molecule has 3 aromatic rings. The molecule has 3 nitrogen and oxygen atoms in total. The lowest BCUT2D eigenvalue weighted by Crippen LogP contribution is -2.21. The normalized spacial score (nSPS) is 12.4.